The van der Waals surface area contributed by atoms with Crippen LogP contribution < -0.4 is 10.6 Å². The van der Waals surface area contributed by atoms with Crippen molar-refractivity contribution in [3.8, 4) is 0 Å². The van der Waals surface area contributed by atoms with Crippen LogP contribution >= 0.6 is 0 Å². The number of amides is 2. The van der Waals surface area contributed by atoms with Crippen molar-refractivity contribution in [3.05, 3.63) is 29.3 Å². The summed E-state index contributed by atoms with van der Waals surface area (Å²) in [6.45, 7) is 6.73. The first-order valence-electron chi connectivity index (χ1n) is 9.32. The van der Waals surface area contributed by atoms with E-state index >= 15 is 0 Å². The van der Waals surface area contributed by atoms with Gasteiger partial charge in [0.1, 0.15) is 0 Å². The maximum Gasteiger partial charge on any atom is 0.251 e. The molecule has 1 aromatic carbocycles. The summed E-state index contributed by atoms with van der Waals surface area (Å²) < 4.78 is 5.66. The zero-order valence-corrected chi connectivity index (χ0v) is 15.6. The molecule has 5 heteroatoms. The van der Waals surface area contributed by atoms with Gasteiger partial charge < -0.3 is 15.4 Å². The summed E-state index contributed by atoms with van der Waals surface area (Å²) in [6, 6.07) is 5.52. The highest BCUT2D eigenvalue weighted by atomic mass is 16.5. The molecule has 2 atom stereocenters. The predicted molar refractivity (Wildman–Crippen MR) is 99.9 cm³/mol. The first-order chi connectivity index (χ1) is 12.0. The van der Waals surface area contributed by atoms with Gasteiger partial charge in [0.2, 0.25) is 5.91 Å². The quantitative estimate of drug-likeness (QED) is 0.789. The molecular weight excluding hydrogens is 316 g/mol. The van der Waals surface area contributed by atoms with E-state index in [1.807, 2.05) is 26.8 Å². The summed E-state index contributed by atoms with van der Waals surface area (Å²) in [5, 5.41) is 5.89. The molecule has 0 radical (unpaired) electrons. The minimum absolute atomic E-state index is 0.00548. The van der Waals surface area contributed by atoms with Crippen molar-refractivity contribution in [1.82, 2.24) is 5.32 Å². The molecule has 1 aliphatic heterocycles. The molecule has 1 aliphatic rings. The predicted octanol–water partition coefficient (Wildman–Crippen LogP) is 3.81. The van der Waals surface area contributed by atoms with Crippen LogP contribution in [0, 0.1) is 6.92 Å². The molecule has 0 bridgehead atoms. The molecule has 0 aliphatic carbocycles. The van der Waals surface area contributed by atoms with Crippen molar-refractivity contribution in [3.63, 3.8) is 0 Å². The van der Waals surface area contributed by atoms with Crippen LogP contribution in [0.15, 0.2) is 18.2 Å². The number of hydrogen-bond acceptors (Lipinski definition) is 3. The number of benzene rings is 1. The van der Waals surface area contributed by atoms with E-state index in [0.29, 0.717) is 12.0 Å². The monoisotopic (exact) mass is 346 g/mol. The van der Waals surface area contributed by atoms with E-state index in [1.165, 1.54) is 6.42 Å². The number of anilines is 1. The molecule has 0 aromatic heterocycles. The van der Waals surface area contributed by atoms with E-state index < -0.39 is 0 Å². The Morgan fingerprint density at radius 1 is 1.32 bits per heavy atom. The summed E-state index contributed by atoms with van der Waals surface area (Å²) >= 11 is 0. The van der Waals surface area contributed by atoms with Gasteiger partial charge in [0, 0.05) is 30.3 Å². The molecule has 25 heavy (non-hydrogen) atoms. The Kier molecular flexibility index (Phi) is 7.44. The number of carbonyl (C=O) groups is 2. The molecule has 5 nitrogen and oxygen atoms in total. The first-order valence-corrected chi connectivity index (χ1v) is 9.32. The SMILES string of the molecule is CC[C@H](C)NC(=O)c1ccc(NC(=O)CC[C@@H]2CCCCO2)c(C)c1. The summed E-state index contributed by atoms with van der Waals surface area (Å²) in [6.07, 6.45) is 5.69. The van der Waals surface area contributed by atoms with Crippen LogP contribution in [-0.4, -0.2) is 30.6 Å². The topological polar surface area (TPSA) is 67.4 Å². The van der Waals surface area contributed by atoms with Crippen molar-refractivity contribution in [2.75, 3.05) is 11.9 Å². The Balaban J connectivity index is 1.87. The summed E-state index contributed by atoms with van der Waals surface area (Å²) in [5.74, 6) is -0.0844. The lowest BCUT2D eigenvalue weighted by Crippen LogP contribution is -2.31. The molecule has 0 saturated carbocycles. The van der Waals surface area contributed by atoms with Crippen LogP contribution in [0.1, 0.15) is 68.3 Å². The van der Waals surface area contributed by atoms with Gasteiger partial charge in [0.25, 0.3) is 5.91 Å². The normalized spacial score (nSPS) is 18.4. The zero-order chi connectivity index (χ0) is 18.2. The Morgan fingerprint density at radius 2 is 2.12 bits per heavy atom. The highest BCUT2D eigenvalue weighted by Gasteiger charge is 2.16. The maximum atomic E-state index is 12.2. The summed E-state index contributed by atoms with van der Waals surface area (Å²) in [5.41, 5.74) is 2.26. The number of ether oxygens (including phenoxy) is 1. The minimum atomic E-state index is -0.0789. The van der Waals surface area contributed by atoms with Crippen molar-refractivity contribution >= 4 is 17.5 Å². The average Bonchev–Trinajstić information content (AvgIpc) is 2.62. The van der Waals surface area contributed by atoms with Gasteiger partial charge >= 0.3 is 0 Å². The van der Waals surface area contributed by atoms with Crippen molar-refractivity contribution in [2.45, 2.75) is 71.4 Å². The van der Waals surface area contributed by atoms with E-state index in [2.05, 4.69) is 10.6 Å². The second kappa shape index (κ2) is 9.56. The van der Waals surface area contributed by atoms with E-state index in [0.717, 1.165) is 43.5 Å². The molecule has 138 valence electrons. The molecule has 0 spiro atoms. The maximum absolute atomic E-state index is 12.2. The number of hydrogen-bond donors (Lipinski definition) is 2. The van der Waals surface area contributed by atoms with Gasteiger partial charge in [-0.05, 0) is 69.7 Å². The van der Waals surface area contributed by atoms with Gasteiger partial charge in [-0.2, -0.15) is 0 Å². The van der Waals surface area contributed by atoms with Gasteiger partial charge in [-0.1, -0.05) is 6.92 Å². The van der Waals surface area contributed by atoms with Crippen molar-refractivity contribution < 1.29 is 14.3 Å². The van der Waals surface area contributed by atoms with Crippen molar-refractivity contribution in [1.29, 1.82) is 0 Å². The van der Waals surface area contributed by atoms with Gasteiger partial charge in [-0.25, -0.2) is 0 Å². The van der Waals surface area contributed by atoms with Crippen molar-refractivity contribution in [2.24, 2.45) is 0 Å². The molecule has 1 heterocycles. The third-order valence-corrected chi connectivity index (χ3v) is 4.72. The fourth-order valence-electron chi connectivity index (χ4n) is 2.89. The number of nitrogens with one attached hydrogen (secondary N) is 2. The largest absolute Gasteiger partial charge is 0.378 e. The number of rotatable bonds is 7. The molecule has 0 unspecified atom stereocenters. The highest BCUT2D eigenvalue weighted by molar-refractivity contribution is 5.96. The third-order valence-electron chi connectivity index (χ3n) is 4.72. The lowest BCUT2D eigenvalue weighted by molar-refractivity contribution is -0.117. The zero-order valence-electron chi connectivity index (χ0n) is 15.6. The Bertz CT molecular complexity index is 595. The standard InChI is InChI=1S/C20H30N2O3/c1-4-15(3)21-20(24)16-8-10-18(14(2)13-16)22-19(23)11-9-17-7-5-6-12-25-17/h8,10,13,15,17H,4-7,9,11-12H2,1-3H3,(H,21,24)(H,22,23)/t15-,17-/m0/s1. The first kappa shape index (κ1) is 19.4. The summed E-state index contributed by atoms with van der Waals surface area (Å²) in [4.78, 5) is 24.3. The smallest absolute Gasteiger partial charge is 0.251 e. The van der Waals surface area contributed by atoms with Gasteiger partial charge in [0.15, 0.2) is 0 Å². The Labute approximate surface area is 150 Å². The van der Waals surface area contributed by atoms with Gasteiger partial charge in [-0.3, -0.25) is 9.59 Å². The number of carbonyl (C=O) groups excluding carboxylic acids is 2. The highest BCUT2D eigenvalue weighted by Crippen LogP contribution is 2.19. The van der Waals surface area contributed by atoms with E-state index in [-0.39, 0.29) is 24.0 Å². The molecule has 1 fully saturated rings. The van der Waals surface area contributed by atoms with E-state index in [1.54, 1.807) is 12.1 Å². The Hall–Kier alpha value is -1.88. The molecular formula is C20H30N2O3. The molecule has 1 aromatic rings. The van der Waals surface area contributed by atoms with Crippen LogP contribution in [-0.2, 0) is 9.53 Å². The van der Waals surface area contributed by atoms with Crippen LogP contribution in [0.4, 0.5) is 5.69 Å². The van der Waals surface area contributed by atoms with Crippen LogP contribution in [0.25, 0.3) is 0 Å². The molecule has 2 rings (SSSR count). The number of aryl methyl sites for hydroxylation is 1. The summed E-state index contributed by atoms with van der Waals surface area (Å²) in [7, 11) is 0. The van der Waals surface area contributed by atoms with Crippen LogP contribution in [0.5, 0.6) is 0 Å². The average molecular weight is 346 g/mol. The van der Waals surface area contributed by atoms with Gasteiger partial charge in [-0.15, -0.1) is 0 Å². The fourth-order valence-corrected chi connectivity index (χ4v) is 2.89. The Morgan fingerprint density at radius 3 is 2.76 bits per heavy atom. The van der Waals surface area contributed by atoms with E-state index in [4.69, 9.17) is 4.74 Å². The second-order valence-corrected chi connectivity index (χ2v) is 6.89. The third kappa shape index (κ3) is 6.16. The molecule has 1 saturated heterocycles. The fraction of sp³-hybridized carbons (Fsp3) is 0.600. The minimum Gasteiger partial charge on any atom is -0.378 e. The molecule has 2 amide bonds. The van der Waals surface area contributed by atoms with Gasteiger partial charge in [0.05, 0.1) is 6.10 Å². The lowest BCUT2D eigenvalue weighted by Gasteiger charge is -2.22. The van der Waals surface area contributed by atoms with E-state index in [9.17, 15) is 9.59 Å². The van der Waals surface area contributed by atoms with Crippen LogP contribution in [0.2, 0.25) is 0 Å². The molecule has 2 N–H and O–H groups in total. The lowest BCUT2D eigenvalue weighted by atomic mass is 10.0. The van der Waals surface area contributed by atoms with Crippen LogP contribution in [0.3, 0.4) is 0 Å². The second-order valence-electron chi connectivity index (χ2n) is 6.89.